The molecule has 0 bridgehead atoms. The summed E-state index contributed by atoms with van der Waals surface area (Å²) in [6.07, 6.45) is 4.24. The predicted octanol–water partition coefficient (Wildman–Crippen LogP) is 2.57. The molecular formula is C12H18ClIN4. The van der Waals surface area contributed by atoms with Crippen molar-refractivity contribution >= 4 is 41.5 Å². The smallest absolute Gasteiger partial charge is 0.191 e. The molecule has 0 aromatic carbocycles. The molecule has 4 nitrogen and oxygen atoms in total. The van der Waals surface area contributed by atoms with Crippen LogP contribution < -0.4 is 10.6 Å². The minimum Gasteiger partial charge on any atom is -0.357 e. The first-order valence-electron chi connectivity index (χ1n) is 5.93. The molecule has 0 radical (unpaired) electrons. The number of aromatic nitrogens is 1. The Morgan fingerprint density at radius 3 is 2.83 bits per heavy atom. The van der Waals surface area contributed by atoms with Crippen molar-refractivity contribution in [3.63, 3.8) is 0 Å². The quantitative estimate of drug-likeness (QED) is 0.365. The standard InChI is InChI=1S/C12H17ClN4.HI/c1-2-14-12(17-10-4-5-10)16-8-9-3-6-11(13)15-7-9;/h3,6-7,10H,2,4-5,8H2,1H3,(H2,14,16,17);1H. The van der Waals surface area contributed by atoms with Crippen LogP contribution in [-0.2, 0) is 6.54 Å². The minimum absolute atomic E-state index is 0. The van der Waals surface area contributed by atoms with Gasteiger partial charge in [0.25, 0.3) is 0 Å². The molecule has 0 amide bonds. The Kier molecular flexibility index (Phi) is 6.70. The Balaban J connectivity index is 0.00000162. The van der Waals surface area contributed by atoms with Crippen LogP contribution >= 0.6 is 35.6 Å². The normalized spacial score (nSPS) is 14.9. The van der Waals surface area contributed by atoms with E-state index in [1.807, 2.05) is 6.07 Å². The SMILES string of the molecule is CCNC(=NCc1ccc(Cl)nc1)NC1CC1.I. The predicted molar refractivity (Wildman–Crippen MR) is 85.6 cm³/mol. The summed E-state index contributed by atoms with van der Waals surface area (Å²) in [7, 11) is 0. The molecule has 2 rings (SSSR count). The molecule has 1 aromatic rings. The third-order valence-electron chi connectivity index (χ3n) is 2.47. The number of hydrogen-bond acceptors (Lipinski definition) is 2. The van der Waals surface area contributed by atoms with Crippen molar-refractivity contribution in [1.29, 1.82) is 0 Å². The van der Waals surface area contributed by atoms with Gasteiger partial charge in [-0.25, -0.2) is 9.98 Å². The third kappa shape index (κ3) is 5.39. The van der Waals surface area contributed by atoms with Gasteiger partial charge in [0.1, 0.15) is 5.15 Å². The van der Waals surface area contributed by atoms with Gasteiger partial charge in [0.15, 0.2) is 5.96 Å². The average molecular weight is 381 g/mol. The van der Waals surface area contributed by atoms with Crippen LogP contribution in [0.5, 0.6) is 0 Å². The highest BCUT2D eigenvalue weighted by atomic mass is 127. The number of guanidine groups is 1. The van der Waals surface area contributed by atoms with Crippen LogP contribution in [0.15, 0.2) is 23.3 Å². The van der Waals surface area contributed by atoms with E-state index in [1.165, 1.54) is 12.8 Å². The van der Waals surface area contributed by atoms with E-state index < -0.39 is 0 Å². The van der Waals surface area contributed by atoms with E-state index in [9.17, 15) is 0 Å². The molecule has 1 aromatic heterocycles. The second kappa shape index (κ2) is 7.78. The van der Waals surface area contributed by atoms with Gasteiger partial charge < -0.3 is 10.6 Å². The second-order valence-electron chi connectivity index (χ2n) is 4.10. The summed E-state index contributed by atoms with van der Waals surface area (Å²) in [5, 5.41) is 7.11. The van der Waals surface area contributed by atoms with E-state index in [-0.39, 0.29) is 24.0 Å². The Morgan fingerprint density at radius 1 is 1.50 bits per heavy atom. The van der Waals surface area contributed by atoms with E-state index in [1.54, 1.807) is 12.3 Å². The van der Waals surface area contributed by atoms with Gasteiger partial charge in [-0.2, -0.15) is 0 Å². The summed E-state index contributed by atoms with van der Waals surface area (Å²) in [6.45, 7) is 3.55. The molecule has 1 saturated carbocycles. The zero-order valence-corrected chi connectivity index (χ0v) is 13.4. The molecule has 1 aliphatic rings. The van der Waals surface area contributed by atoms with E-state index in [0.717, 1.165) is 18.1 Å². The van der Waals surface area contributed by atoms with Crippen molar-refractivity contribution in [3.8, 4) is 0 Å². The number of aliphatic imine (C=N–C) groups is 1. The largest absolute Gasteiger partial charge is 0.357 e. The fourth-order valence-corrected chi connectivity index (χ4v) is 1.52. The molecule has 18 heavy (non-hydrogen) atoms. The maximum atomic E-state index is 5.73. The fraction of sp³-hybridized carbons (Fsp3) is 0.500. The number of nitrogens with zero attached hydrogens (tertiary/aromatic N) is 2. The lowest BCUT2D eigenvalue weighted by atomic mass is 10.3. The van der Waals surface area contributed by atoms with Crippen LogP contribution in [0.4, 0.5) is 0 Å². The maximum Gasteiger partial charge on any atom is 0.191 e. The van der Waals surface area contributed by atoms with Crippen molar-refractivity contribution in [2.24, 2.45) is 4.99 Å². The molecule has 1 fully saturated rings. The fourth-order valence-electron chi connectivity index (χ4n) is 1.41. The zero-order valence-electron chi connectivity index (χ0n) is 10.3. The van der Waals surface area contributed by atoms with Gasteiger partial charge >= 0.3 is 0 Å². The highest BCUT2D eigenvalue weighted by Crippen LogP contribution is 2.18. The lowest BCUT2D eigenvalue weighted by molar-refractivity contribution is 0.811. The van der Waals surface area contributed by atoms with E-state index in [0.29, 0.717) is 17.7 Å². The van der Waals surface area contributed by atoms with Crippen LogP contribution in [0.1, 0.15) is 25.3 Å². The van der Waals surface area contributed by atoms with Gasteiger partial charge in [0, 0.05) is 18.8 Å². The number of rotatable bonds is 4. The summed E-state index contributed by atoms with van der Waals surface area (Å²) in [5.74, 6) is 0.880. The summed E-state index contributed by atoms with van der Waals surface area (Å²) >= 11 is 5.73. The second-order valence-corrected chi connectivity index (χ2v) is 4.49. The van der Waals surface area contributed by atoms with Crippen LogP contribution in [0.2, 0.25) is 5.15 Å². The molecule has 0 unspecified atom stereocenters. The summed E-state index contributed by atoms with van der Waals surface area (Å²) in [4.78, 5) is 8.54. The van der Waals surface area contributed by atoms with Crippen molar-refractivity contribution in [1.82, 2.24) is 15.6 Å². The third-order valence-corrected chi connectivity index (χ3v) is 2.69. The highest BCUT2D eigenvalue weighted by molar-refractivity contribution is 14.0. The van der Waals surface area contributed by atoms with E-state index in [2.05, 4.69) is 27.5 Å². The van der Waals surface area contributed by atoms with Crippen LogP contribution in [0.3, 0.4) is 0 Å². The maximum absolute atomic E-state index is 5.73. The molecule has 0 aliphatic heterocycles. The van der Waals surface area contributed by atoms with Gasteiger partial charge in [-0.15, -0.1) is 24.0 Å². The van der Waals surface area contributed by atoms with Crippen LogP contribution in [0, 0.1) is 0 Å². The lowest BCUT2D eigenvalue weighted by Crippen LogP contribution is -2.38. The summed E-state index contributed by atoms with van der Waals surface area (Å²) in [5.41, 5.74) is 1.06. The number of hydrogen-bond donors (Lipinski definition) is 2. The van der Waals surface area contributed by atoms with Crippen molar-refractivity contribution in [2.45, 2.75) is 32.4 Å². The van der Waals surface area contributed by atoms with E-state index in [4.69, 9.17) is 11.6 Å². The van der Waals surface area contributed by atoms with Crippen molar-refractivity contribution in [3.05, 3.63) is 29.0 Å². The van der Waals surface area contributed by atoms with Crippen molar-refractivity contribution in [2.75, 3.05) is 6.54 Å². The summed E-state index contributed by atoms with van der Waals surface area (Å²) in [6, 6.07) is 4.34. The minimum atomic E-state index is 0. The lowest BCUT2D eigenvalue weighted by Gasteiger charge is -2.09. The Hall–Kier alpha value is -0.560. The molecule has 100 valence electrons. The molecule has 0 spiro atoms. The number of nitrogens with one attached hydrogen (secondary N) is 2. The van der Waals surface area contributed by atoms with Gasteiger partial charge in [-0.1, -0.05) is 17.7 Å². The molecular weight excluding hydrogens is 363 g/mol. The molecule has 0 saturated heterocycles. The molecule has 1 heterocycles. The summed E-state index contributed by atoms with van der Waals surface area (Å²) < 4.78 is 0. The van der Waals surface area contributed by atoms with Gasteiger partial charge in [0.2, 0.25) is 0 Å². The number of pyridine rings is 1. The molecule has 2 N–H and O–H groups in total. The number of halogens is 2. The molecule has 0 atom stereocenters. The van der Waals surface area contributed by atoms with Crippen LogP contribution in [0.25, 0.3) is 0 Å². The van der Waals surface area contributed by atoms with E-state index >= 15 is 0 Å². The van der Waals surface area contributed by atoms with Gasteiger partial charge in [-0.3, -0.25) is 0 Å². The Morgan fingerprint density at radius 2 is 2.28 bits per heavy atom. The molecule has 6 heteroatoms. The Labute approximate surface area is 130 Å². The first kappa shape index (κ1) is 15.5. The monoisotopic (exact) mass is 380 g/mol. The van der Waals surface area contributed by atoms with Gasteiger partial charge in [0.05, 0.1) is 6.54 Å². The zero-order chi connectivity index (χ0) is 12.1. The highest BCUT2D eigenvalue weighted by Gasteiger charge is 2.21. The average Bonchev–Trinajstić information content (AvgIpc) is 3.12. The van der Waals surface area contributed by atoms with Crippen molar-refractivity contribution < 1.29 is 0 Å². The van der Waals surface area contributed by atoms with Crippen LogP contribution in [-0.4, -0.2) is 23.5 Å². The Bertz CT molecular complexity index is 390. The van der Waals surface area contributed by atoms with Gasteiger partial charge in [-0.05, 0) is 31.4 Å². The molecule has 1 aliphatic carbocycles. The first-order valence-corrected chi connectivity index (χ1v) is 6.31. The topological polar surface area (TPSA) is 49.3 Å². The first-order chi connectivity index (χ1) is 8.28.